The van der Waals surface area contributed by atoms with Gasteiger partial charge in [-0.3, -0.25) is 9.69 Å². The number of hydrogen-bond acceptors (Lipinski definition) is 6. The van der Waals surface area contributed by atoms with Crippen molar-refractivity contribution in [2.45, 2.75) is 40.5 Å². The molecule has 0 saturated carbocycles. The zero-order chi connectivity index (χ0) is 24.9. The molecule has 0 aromatic carbocycles. The maximum atomic E-state index is 11.8. The highest BCUT2D eigenvalue weighted by atomic mass is 16.1. The van der Waals surface area contributed by atoms with Gasteiger partial charge in [0.05, 0.1) is 24.0 Å². The molecule has 9 heteroatoms. The SMILES string of the molecule is CNC(=O)CN1CCN(c2ncc3[nH]c(-c4cn5ncnc5c(C)c4C)c(C(C)C)c3c2C)CC1. The lowest BCUT2D eigenvalue weighted by atomic mass is 9.92. The minimum Gasteiger partial charge on any atom is -0.358 e. The van der Waals surface area contributed by atoms with Gasteiger partial charge in [-0.15, -0.1) is 0 Å². The van der Waals surface area contributed by atoms with E-state index in [1.54, 1.807) is 13.4 Å². The fourth-order valence-electron chi connectivity index (χ4n) is 5.33. The van der Waals surface area contributed by atoms with E-state index in [0.717, 1.165) is 60.0 Å². The van der Waals surface area contributed by atoms with Crippen LogP contribution in [0.3, 0.4) is 0 Å². The number of amides is 1. The van der Waals surface area contributed by atoms with Crippen molar-refractivity contribution in [3.05, 3.63) is 41.0 Å². The van der Waals surface area contributed by atoms with Gasteiger partial charge in [0.25, 0.3) is 0 Å². The molecule has 35 heavy (non-hydrogen) atoms. The minimum atomic E-state index is 0.0604. The first-order valence-corrected chi connectivity index (χ1v) is 12.3. The van der Waals surface area contributed by atoms with Gasteiger partial charge in [-0.2, -0.15) is 5.10 Å². The summed E-state index contributed by atoms with van der Waals surface area (Å²) in [6, 6.07) is 0. The predicted octanol–water partition coefficient (Wildman–Crippen LogP) is 3.19. The van der Waals surface area contributed by atoms with Gasteiger partial charge in [0.1, 0.15) is 12.1 Å². The minimum absolute atomic E-state index is 0.0604. The first-order valence-electron chi connectivity index (χ1n) is 12.3. The number of anilines is 1. The van der Waals surface area contributed by atoms with Crippen molar-refractivity contribution in [1.29, 1.82) is 0 Å². The van der Waals surface area contributed by atoms with Crippen molar-refractivity contribution in [3.8, 4) is 11.3 Å². The van der Waals surface area contributed by atoms with E-state index in [4.69, 9.17) is 4.98 Å². The molecule has 2 N–H and O–H groups in total. The molecule has 1 amide bonds. The van der Waals surface area contributed by atoms with Crippen LogP contribution in [-0.2, 0) is 4.79 Å². The Labute approximate surface area is 205 Å². The summed E-state index contributed by atoms with van der Waals surface area (Å²) >= 11 is 0. The highest BCUT2D eigenvalue weighted by molar-refractivity contribution is 5.96. The lowest BCUT2D eigenvalue weighted by Gasteiger charge is -2.35. The summed E-state index contributed by atoms with van der Waals surface area (Å²) in [4.78, 5) is 29.3. The van der Waals surface area contributed by atoms with Crippen molar-refractivity contribution in [2.75, 3.05) is 44.7 Å². The molecule has 0 atom stereocenters. The Morgan fingerprint density at radius 3 is 2.51 bits per heavy atom. The van der Waals surface area contributed by atoms with Crippen LogP contribution in [0.1, 0.15) is 42.0 Å². The average molecular weight is 475 g/mol. The Hall–Kier alpha value is -3.46. The number of aryl methyl sites for hydroxylation is 2. The van der Waals surface area contributed by atoms with Crippen LogP contribution in [0.15, 0.2) is 18.7 Å². The smallest absolute Gasteiger partial charge is 0.233 e. The van der Waals surface area contributed by atoms with Gasteiger partial charge in [-0.25, -0.2) is 14.5 Å². The van der Waals surface area contributed by atoms with Gasteiger partial charge in [0.2, 0.25) is 5.91 Å². The lowest BCUT2D eigenvalue weighted by molar-refractivity contribution is -0.121. The predicted molar refractivity (Wildman–Crippen MR) is 139 cm³/mol. The second-order valence-corrected chi connectivity index (χ2v) is 9.82. The number of aromatic amines is 1. The van der Waals surface area contributed by atoms with E-state index in [2.05, 4.69) is 71.0 Å². The zero-order valence-corrected chi connectivity index (χ0v) is 21.4. The fourth-order valence-corrected chi connectivity index (χ4v) is 5.33. The number of aromatic nitrogens is 5. The van der Waals surface area contributed by atoms with Crippen molar-refractivity contribution in [1.82, 2.24) is 34.8 Å². The van der Waals surface area contributed by atoms with E-state index in [9.17, 15) is 4.79 Å². The summed E-state index contributed by atoms with van der Waals surface area (Å²) in [5.41, 5.74) is 9.07. The molecule has 1 aliphatic rings. The molecule has 0 aliphatic carbocycles. The standard InChI is InChI=1S/C26H34N8O/c1-15(2)22-23-18(5)25(33-9-7-32(8-10-33)13-21(35)27-6)28-11-20(23)31-24(22)19-12-34-26(29-14-30-34)17(4)16(19)3/h11-12,14-15,31H,7-10,13H2,1-6H3,(H,27,35). The highest BCUT2D eigenvalue weighted by Crippen LogP contribution is 2.40. The third-order valence-corrected chi connectivity index (χ3v) is 7.38. The summed E-state index contributed by atoms with van der Waals surface area (Å²) in [5.74, 6) is 1.41. The summed E-state index contributed by atoms with van der Waals surface area (Å²) in [5, 5.41) is 8.37. The monoisotopic (exact) mass is 474 g/mol. The molecule has 184 valence electrons. The molecule has 4 aromatic heterocycles. The molecule has 1 fully saturated rings. The second-order valence-electron chi connectivity index (χ2n) is 9.82. The van der Waals surface area contributed by atoms with Gasteiger partial charge in [-0.05, 0) is 43.4 Å². The summed E-state index contributed by atoms with van der Waals surface area (Å²) in [6.07, 6.45) is 5.66. The number of nitrogens with zero attached hydrogens (tertiary/aromatic N) is 6. The Morgan fingerprint density at radius 2 is 1.83 bits per heavy atom. The molecule has 5 heterocycles. The maximum Gasteiger partial charge on any atom is 0.233 e. The van der Waals surface area contributed by atoms with Crippen LogP contribution in [0.2, 0.25) is 0 Å². The maximum absolute atomic E-state index is 11.8. The number of rotatable bonds is 5. The van der Waals surface area contributed by atoms with E-state index in [1.165, 1.54) is 22.1 Å². The molecule has 1 aliphatic heterocycles. The summed E-state index contributed by atoms with van der Waals surface area (Å²) < 4.78 is 1.86. The molecule has 0 spiro atoms. The van der Waals surface area contributed by atoms with Gasteiger partial charge in [-0.1, -0.05) is 13.8 Å². The Bertz CT molecular complexity index is 1410. The highest BCUT2D eigenvalue weighted by Gasteiger charge is 2.25. The first kappa shape index (κ1) is 23.3. The number of carbonyl (C=O) groups excluding carboxylic acids is 1. The van der Waals surface area contributed by atoms with E-state index in [1.807, 2.05) is 10.7 Å². The lowest BCUT2D eigenvalue weighted by Crippen LogP contribution is -2.49. The molecule has 0 unspecified atom stereocenters. The van der Waals surface area contributed by atoms with Crippen LogP contribution in [0.5, 0.6) is 0 Å². The van der Waals surface area contributed by atoms with E-state index in [0.29, 0.717) is 12.5 Å². The number of H-pyrrole nitrogens is 1. The second kappa shape index (κ2) is 8.96. The van der Waals surface area contributed by atoms with Crippen LogP contribution < -0.4 is 10.2 Å². The van der Waals surface area contributed by atoms with E-state index >= 15 is 0 Å². The Morgan fingerprint density at radius 1 is 1.09 bits per heavy atom. The van der Waals surface area contributed by atoms with Crippen LogP contribution in [-0.4, -0.2) is 75.1 Å². The van der Waals surface area contributed by atoms with Crippen molar-refractivity contribution in [3.63, 3.8) is 0 Å². The number of hydrogen-bond donors (Lipinski definition) is 2. The third kappa shape index (κ3) is 3.93. The quantitative estimate of drug-likeness (QED) is 0.461. The van der Waals surface area contributed by atoms with Gasteiger partial charge < -0.3 is 15.2 Å². The van der Waals surface area contributed by atoms with Crippen LogP contribution >= 0.6 is 0 Å². The van der Waals surface area contributed by atoms with Crippen LogP contribution in [0, 0.1) is 20.8 Å². The van der Waals surface area contributed by atoms with Crippen LogP contribution in [0.25, 0.3) is 27.8 Å². The largest absolute Gasteiger partial charge is 0.358 e. The summed E-state index contributed by atoms with van der Waals surface area (Å²) in [6.45, 7) is 14.8. The van der Waals surface area contributed by atoms with Gasteiger partial charge in [0, 0.05) is 55.9 Å². The molecular formula is C26H34N8O. The molecule has 0 radical (unpaired) electrons. The molecular weight excluding hydrogens is 440 g/mol. The van der Waals surface area contributed by atoms with E-state index in [-0.39, 0.29) is 5.91 Å². The topological polar surface area (TPSA) is 94.5 Å². The molecule has 9 nitrogen and oxygen atoms in total. The molecule has 0 bridgehead atoms. The van der Waals surface area contributed by atoms with Gasteiger partial charge >= 0.3 is 0 Å². The Balaban J connectivity index is 1.56. The van der Waals surface area contributed by atoms with Crippen molar-refractivity contribution >= 4 is 28.3 Å². The Kier molecular flexibility index (Phi) is 5.96. The fraction of sp³-hybridized carbons (Fsp3) is 0.462. The van der Waals surface area contributed by atoms with E-state index < -0.39 is 0 Å². The van der Waals surface area contributed by atoms with Gasteiger partial charge in [0.15, 0.2) is 5.65 Å². The first-order chi connectivity index (χ1) is 16.8. The number of likely N-dealkylation sites (N-methyl/N-ethyl adjacent to an activating group) is 1. The molecule has 5 rings (SSSR count). The number of carbonyl (C=O) groups is 1. The third-order valence-electron chi connectivity index (χ3n) is 7.38. The van der Waals surface area contributed by atoms with Crippen molar-refractivity contribution in [2.24, 2.45) is 0 Å². The molecule has 1 saturated heterocycles. The summed E-state index contributed by atoms with van der Waals surface area (Å²) in [7, 11) is 1.69. The number of piperazine rings is 1. The number of nitrogens with one attached hydrogen (secondary N) is 2. The number of fused-ring (bicyclic) bond motifs is 2. The number of pyridine rings is 2. The molecule has 4 aromatic rings. The van der Waals surface area contributed by atoms with Crippen LogP contribution in [0.4, 0.5) is 5.82 Å². The average Bonchev–Trinajstić information content (AvgIpc) is 3.47. The van der Waals surface area contributed by atoms with Crippen molar-refractivity contribution < 1.29 is 4.79 Å². The normalized spacial score (nSPS) is 15.0. The zero-order valence-electron chi connectivity index (χ0n) is 21.4.